The maximum Gasteiger partial charge on any atom is 0.335 e. The Kier molecular flexibility index (Phi) is 3.13. The summed E-state index contributed by atoms with van der Waals surface area (Å²) in [6.45, 7) is -0.195. The third-order valence-corrected chi connectivity index (χ3v) is 1.94. The first kappa shape index (κ1) is 10.6. The van der Waals surface area contributed by atoms with E-state index in [2.05, 4.69) is 15.9 Å². The number of hydrogen-bond acceptors (Lipinski definition) is 4. The van der Waals surface area contributed by atoms with Gasteiger partial charge in [-0.25, -0.2) is 0 Å². The third kappa shape index (κ3) is 2.05. The van der Waals surface area contributed by atoms with Gasteiger partial charge < -0.3 is 9.36 Å². The fourth-order valence-electron chi connectivity index (χ4n) is 0.931. The number of aromatic nitrogens is 1. The van der Waals surface area contributed by atoms with E-state index in [9.17, 15) is 19.7 Å². The predicted octanol–water partition coefficient (Wildman–Crippen LogP) is 0.718. The van der Waals surface area contributed by atoms with Crippen LogP contribution in [-0.4, -0.2) is 15.8 Å². The van der Waals surface area contributed by atoms with Crippen LogP contribution in [-0.2, 0) is 11.3 Å². The molecule has 1 rings (SSSR count). The first-order valence-electron chi connectivity index (χ1n) is 3.54. The van der Waals surface area contributed by atoms with Crippen LogP contribution in [0.3, 0.4) is 0 Å². The molecule has 0 amide bonds. The molecule has 0 saturated carbocycles. The van der Waals surface area contributed by atoms with E-state index >= 15 is 0 Å². The normalized spacial score (nSPS) is 9.79. The van der Waals surface area contributed by atoms with Gasteiger partial charge >= 0.3 is 11.2 Å². The lowest BCUT2D eigenvalue weighted by Crippen LogP contribution is -2.22. The highest BCUT2D eigenvalue weighted by Crippen LogP contribution is 2.13. The molecular weight excluding hydrogens is 256 g/mol. The first-order valence-corrected chi connectivity index (χ1v) is 4.33. The van der Waals surface area contributed by atoms with Crippen molar-refractivity contribution in [1.29, 1.82) is 0 Å². The van der Waals surface area contributed by atoms with Crippen molar-refractivity contribution >= 4 is 27.9 Å². The number of nitro groups is 1. The zero-order valence-corrected chi connectivity index (χ0v) is 8.43. The van der Waals surface area contributed by atoms with E-state index < -0.39 is 16.2 Å². The number of nitrogens with zero attached hydrogens (tertiary/aromatic N) is 2. The molecule has 7 heteroatoms. The van der Waals surface area contributed by atoms with Crippen molar-refractivity contribution < 1.29 is 9.72 Å². The van der Waals surface area contributed by atoms with Gasteiger partial charge in [-0.1, -0.05) is 0 Å². The van der Waals surface area contributed by atoms with E-state index in [1.165, 1.54) is 6.20 Å². The van der Waals surface area contributed by atoms with Crippen LogP contribution in [0.25, 0.3) is 0 Å². The summed E-state index contributed by atoms with van der Waals surface area (Å²) < 4.78 is 1.35. The van der Waals surface area contributed by atoms with Crippen molar-refractivity contribution in [1.82, 2.24) is 4.57 Å². The van der Waals surface area contributed by atoms with E-state index in [0.29, 0.717) is 10.8 Å². The van der Waals surface area contributed by atoms with Gasteiger partial charge in [0.2, 0.25) is 0 Å². The Bertz CT molecular complexity index is 440. The molecule has 1 aromatic heterocycles. The molecule has 0 aromatic carbocycles. The SMILES string of the molecule is O=CCn1cc(Br)cc([N+](=O)[O-])c1=O. The molecule has 1 heterocycles. The third-order valence-electron chi connectivity index (χ3n) is 1.50. The van der Waals surface area contributed by atoms with Crippen LogP contribution in [0.15, 0.2) is 21.5 Å². The van der Waals surface area contributed by atoms with Crippen LogP contribution < -0.4 is 5.56 Å². The first-order chi connectivity index (χ1) is 6.56. The van der Waals surface area contributed by atoms with E-state index in [-0.39, 0.29) is 6.54 Å². The molecule has 0 unspecified atom stereocenters. The van der Waals surface area contributed by atoms with E-state index in [1.807, 2.05) is 0 Å². The number of hydrogen-bond donors (Lipinski definition) is 0. The molecule has 6 nitrogen and oxygen atoms in total. The Morgan fingerprint density at radius 1 is 1.64 bits per heavy atom. The fraction of sp³-hybridized carbons (Fsp3) is 0.143. The fourth-order valence-corrected chi connectivity index (χ4v) is 1.39. The molecule has 0 fully saturated rings. The summed E-state index contributed by atoms with van der Waals surface area (Å²) in [6, 6.07) is 1.10. The molecule has 0 bridgehead atoms. The van der Waals surface area contributed by atoms with Gasteiger partial charge in [0.25, 0.3) is 0 Å². The largest absolute Gasteiger partial charge is 0.335 e. The van der Waals surface area contributed by atoms with Crippen molar-refractivity contribution in [2.75, 3.05) is 0 Å². The second-order valence-corrected chi connectivity index (χ2v) is 3.34. The minimum Gasteiger partial charge on any atom is -0.301 e. The molecule has 0 radical (unpaired) electrons. The Balaban J connectivity index is 3.39. The monoisotopic (exact) mass is 260 g/mol. The predicted molar refractivity (Wildman–Crippen MR) is 51.1 cm³/mol. The molecule has 0 aliphatic carbocycles. The molecule has 0 saturated heterocycles. The Labute approximate surface area is 86.4 Å². The van der Waals surface area contributed by atoms with Crippen molar-refractivity contribution in [2.24, 2.45) is 0 Å². The number of carbonyl (C=O) groups excluding carboxylic acids is 1. The number of rotatable bonds is 3. The smallest absolute Gasteiger partial charge is 0.301 e. The molecular formula is C7H5BrN2O4. The lowest BCUT2D eigenvalue weighted by molar-refractivity contribution is -0.386. The summed E-state index contributed by atoms with van der Waals surface area (Å²) in [6.07, 6.45) is 1.82. The van der Waals surface area contributed by atoms with E-state index in [0.717, 1.165) is 10.6 Å². The van der Waals surface area contributed by atoms with Gasteiger partial charge in [0.05, 0.1) is 11.5 Å². The second-order valence-electron chi connectivity index (χ2n) is 2.42. The van der Waals surface area contributed by atoms with Gasteiger partial charge in [-0.15, -0.1) is 0 Å². The number of pyridine rings is 1. The summed E-state index contributed by atoms with van der Waals surface area (Å²) in [5.41, 5.74) is -1.34. The highest BCUT2D eigenvalue weighted by atomic mass is 79.9. The quantitative estimate of drug-likeness (QED) is 0.456. The van der Waals surface area contributed by atoms with Crippen molar-refractivity contribution in [3.8, 4) is 0 Å². The van der Waals surface area contributed by atoms with Crippen LogP contribution in [0.1, 0.15) is 0 Å². The number of aldehydes is 1. The van der Waals surface area contributed by atoms with Gasteiger partial charge in [0, 0.05) is 16.7 Å². The molecule has 0 aliphatic heterocycles. The average Bonchev–Trinajstić information content (AvgIpc) is 2.10. The van der Waals surface area contributed by atoms with Crippen LogP contribution in [0.5, 0.6) is 0 Å². The lowest BCUT2D eigenvalue weighted by Gasteiger charge is -2.00. The maximum atomic E-state index is 11.3. The highest BCUT2D eigenvalue weighted by molar-refractivity contribution is 9.10. The molecule has 0 spiro atoms. The molecule has 14 heavy (non-hydrogen) atoms. The standard InChI is InChI=1S/C7H5BrN2O4/c8-5-3-6(10(13)14)7(12)9(4-5)1-2-11/h2-4H,1H2. The molecule has 1 aromatic rings. The lowest BCUT2D eigenvalue weighted by atomic mass is 10.4. The van der Waals surface area contributed by atoms with Gasteiger partial charge in [-0.05, 0) is 15.9 Å². The van der Waals surface area contributed by atoms with Gasteiger partial charge in [-0.2, -0.15) is 0 Å². The van der Waals surface area contributed by atoms with Crippen molar-refractivity contribution in [3.63, 3.8) is 0 Å². The van der Waals surface area contributed by atoms with Crippen LogP contribution in [0.2, 0.25) is 0 Å². The molecule has 0 N–H and O–H groups in total. The average molecular weight is 261 g/mol. The van der Waals surface area contributed by atoms with Crippen molar-refractivity contribution in [2.45, 2.75) is 6.54 Å². The van der Waals surface area contributed by atoms with Crippen molar-refractivity contribution in [3.05, 3.63) is 37.2 Å². The molecule has 0 atom stereocenters. The van der Waals surface area contributed by atoms with Gasteiger partial charge in [0.15, 0.2) is 0 Å². The summed E-state index contributed by atoms with van der Waals surface area (Å²) in [7, 11) is 0. The molecule has 0 aliphatic rings. The molecule has 74 valence electrons. The zero-order chi connectivity index (χ0) is 10.7. The maximum absolute atomic E-state index is 11.3. The Morgan fingerprint density at radius 2 is 2.29 bits per heavy atom. The summed E-state index contributed by atoms with van der Waals surface area (Å²) >= 11 is 3.01. The topological polar surface area (TPSA) is 82.2 Å². The summed E-state index contributed by atoms with van der Waals surface area (Å²) in [5.74, 6) is 0. The Hall–Kier alpha value is -1.50. The zero-order valence-electron chi connectivity index (χ0n) is 6.84. The minimum absolute atomic E-state index is 0.195. The van der Waals surface area contributed by atoms with Crippen LogP contribution >= 0.6 is 15.9 Å². The van der Waals surface area contributed by atoms with Gasteiger partial charge in [-0.3, -0.25) is 14.9 Å². The van der Waals surface area contributed by atoms with E-state index in [4.69, 9.17) is 0 Å². The van der Waals surface area contributed by atoms with Gasteiger partial charge in [0.1, 0.15) is 6.29 Å². The highest BCUT2D eigenvalue weighted by Gasteiger charge is 2.15. The van der Waals surface area contributed by atoms with E-state index in [1.54, 1.807) is 0 Å². The number of carbonyl (C=O) groups is 1. The number of halogens is 1. The second kappa shape index (κ2) is 4.14. The minimum atomic E-state index is -0.787. The van der Waals surface area contributed by atoms with Crippen LogP contribution in [0.4, 0.5) is 5.69 Å². The van der Waals surface area contributed by atoms with Crippen LogP contribution in [0, 0.1) is 10.1 Å². The summed E-state index contributed by atoms with van der Waals surface area (Å²) in [4.78, 5) is 31.1. The Morgan fingerprint density at radius 3 is 2.79 bits per heavy atom. The summed E-state index contributed by atoms with van der Waals surface area (Å²) in [5, 5.41) is 10.4.